The molecule has 2 aromatic rings. The average molecular weight is 279 g/mol. The molecule has 2 rings (SSSR count). The van der Waals surface area contributed by atoms with E-state index in [0.29, 0.717) is 11.8 Å². The predicted octanol–water partition coefficient (Wildman–Crippen LogP) is 3.51. The van der Waals surface area contributed by atoms with Crippen LogP contribution in [0.3, 0.4) is 0 Å². The van der Waals surface area contributed by atoms with E-state index in [1.165, 1.54) is 36.4 Å². The summed E-state index contributed by atoms with van der Waals surface area (Å²) in [6.07, 6.45) is 0.666. The molecule has 0 saturated carbocycles. The lowest BCUT2D eigenvalue weighted by Crippen LogP contribution is -2.11. The highest BCUT2D eigenvalue weighted by Crippen LogP contribution is 2.21. The Bertz CT molecular complexity index is 603. The third-order valence-electron chi connectivity index (χ3n) is 2.39. The molecule has 0 aliphatic heterocycles. The molecule has 0 amide bonds. The summed E-state index contributed by atoms with van der Waals surface area (Å²) in [6, 6.07) is 9.77. The van der Waals surface area contributed by atoms with Gasteiger partial charge < -0.3 is 4.74 Å². The Morgan fingerprint density at radius 3 is 2.42 bits per heavy atom. The molecule has 5 heteroatoms. The third kappa shape index (κ3) is 2.98. The number of aldehydes is 1. The highest BCUT2D eigenvalue weighted by molar-refractivity contribution is 6.33. The van der Waals surface area contributed by atoms with E-state index in [1.807, 2.05) is 0 Å². The first-order chi connectivity index (χ1) is 9.11. The monoisotopic (exact) mass is 278 g/mol. The quantitative estimate of drug-likeness (QED) is 0.490. The normalized spacial score (nSPS) is 10.0. The highest BCUT2D eigenvalue weighted by Gasteiger charge is 2.17. The van der Waals surface area contributed by atoms with Crippen molar-refractivity contribution >= 4 is 23.9 Å². The number of halogens is 2. The van der Waals surface area contributed by atoms with Crippen molar-refractivity contribution in [3.63, 3.8) is 0 Å². The Hall–Kier alpha value is -2.20. The molecule has 0 N–H and O–H groups in total. The molecule has 3 nitrogen and oxygen atoms in total. The maximum absolute atomic E-state index is 13.5. The van der Waals surface area contributed by atoms with Gasteiger partial charge in [-0.15, -0.1) is 0 Å². The predicted molar refractivity (Wildman–Crippen MR) is 68.2 cm³/mol. The van der Waals surface area contributed by atoms with Gasteiger partial charge in [-0.05, 0) is 36.4 Å². The summed E-state index contributed by atoms with van der Waals surface area (Å²) in [5.41, 5.74) is 0.132. The first-order valence-corrected chi connectivity index (χ1v) is 5.71. The summed E-state index contributed by atoms with van der Waals surface area (Å²) in [4.78, 5) is 22.3. The molecule has 0 spiro atoms. The van der Waals surface area contributed by atoms with Gasteiger partial charge in [0.15, 0.2) is 0 Å². The van der Waals surface area contributed by atoms with Crippen molar-refractivity contribution in [3.05, 3.63) is 64.4 Å². The molecule has 0 atom stereocenters. The van der Waals surface area contributed by atoms with Gasteiger partial charge in [0.2, 0.25) is 0 Å². The molecule has 0 fully saturated rings. The van der Waals surface area contributed by atoms with E-state index in [9.17, 15) is 14.0 Å². The second kappa shape index (κ2) is 5.63. The van der Waals surface area contributed by atoms with Gasteiger partial charge in [0.1, 0.15) is 23.4 Å². The van der Waals surface area contributed by atoms with E-state index in [1.54, 1.807) is 0 Å². The summed E-state index contributed by atoms with van der Waals surface area (Å²) < 4.78 is 18.5. The smallest absolute Gasteiger partial charge is 0.348 e. The lowest BCUT2D eigenvalue weighted by atomic mass is 10.2. The van der Waals surface area contributed by atoms with Gasteiger partial charge in [0, 0.05) is 5.56 Å². The molecule has 0 bridgehead atoms. The van der Waals surface area contributed by atoms with Crippen LogP contribution in [0.4, 0.5) is 4.39 Å². The topological polar surface area (TPSA) is 43.4 Å². The number of benzene rings is 2. The molecule has 0 saturated heterocycles. The number of hydrogen-bond donors (Lipinski definition) is 0. The molecule has 19 heavy (non-hydrogen) atoms. The second-order valence-corrected chi connectivity index (χ2v) is 4.08. The van der Waals surface area contributed by atoms with Crippen molar-refractivity contribution in [1.82, 2.24) is 0 Å². The Morgan fingerprint density at radius 1 is 1.16 bits per heavy atom. The molecule has 96 valence electrons. The van der Waals surface area contributed by atoms with Crippen molar-refractivity contribution in [2.24, 2.45) is 0 Å². The largest absolute Gasteiger partial charge is 0.423 e. The Balaban J connectivity index is 2.23. The van der Waals surface area contributed by atoms with Gasteiger partial charge in [-0.25, -0.2) is 9.18 Å². The van der Waals surface area contributed by atoms with Crippen molar-refractivity contribution < 1.29 is 18.7 Å². The van der Waals surface area contributed by atoms with Crippen molar-refractivity contribution in [2.75, 3.05) is 0 Å². The number of carbonyl (C=O) groups excluding carboxylic acids is 2. The zero-order chi connectivity index (χ0) is 13.8. The number of hydrogen-bond acceptors (Lipinski definition) is 3. The molecule has 0 aliphatic rings. The van der Waals surface area contributed by atoms with Gasteiger partial charge >= 0.3 is 5.97 Å². The fourth-order valence-corrected chi connectivity index (χ4v) is 1.71. The molecule has 0 unspecified atom stereocenters. The lowest BCUT2D eigenvalue weighted by Gasteiger charge is -2.06. The van der Waals surface area contributed by atoms with Gasteiger partial charge in [0.25, 0.3) is 0 Å². The first-order valence-electron chi connectivity index (χ1n) is 5.33. The summed E-state index contributed by atoms with van der Waals surface area (Å²) in [6.45, 7) is 0. The van der Waals surface area contributed by atoms with E-state index in [2.05, 4.69) is 0 Å². The molecule has 0 radical (unpaired) electrons. The summed E-state index contributed by atoms with van der Waals surface area (Å²) >= 11 is 5.75. The molecule has 0 aliphatic carbocycles. The van der Waals surface area contributed by atoms with E-state index >= 15 is 0 Å². The van der Waals surface area contributed by atoms with Crippen LogP contribution in [0.5, 0.6) is 5.75 Å². The maximum Gasteiger partial charge on any atom is 0.348 e. The highest BCUT2D eigenvalue weighted by atomic mass is 35.5. The van der Waals surface area contributed by atoms with Crippen LogP contribution < -0.4 is 4.74 Å². The molecular weight excluding hydrogens is 271 g/mol. The fourth-order valence-electron chi connectivity index (χ4n) is 1.47. The minimum atomic E-state index is -0.887. The van der Waals surface area contributed by atoms with Crippen molar-refractivity contribution in [3.8, 4) is 5.75 Å². The molecule has 2 aromatic carbocycles. The van der Waals surface area contributed by atoms with Gasteiger partial charge in [-0.1, -0.05) is 17.7 Å². The van der Waals surface area contributed by atoms with Gasteiger partial charge in [0.05, 0.1) is 5.02 Å². The van der Waals surface area contributed by atoms with Crippen LogP contribution >= 0.6 is 11.6 Å². The SMILES string of the molecule is O=Cc1ccc(OC(=O)c2c(F)cccc2Cl)cc1. The van der Waals surface area contributed by atoms with E-state index in [-0.39, 0.29) is 16.3 Å². The third-order valence-corrected chi connectivity index (χ3v) is 2.71. The molecule has 0 aromatic heterocycles. The lowest BCUT2D eigenvalue weighted by molar-refractivity contribution is 0.0730. The van der Waals surface area contributed by atoms with Crippen LogP contribution in [-0.4, -0.2) is 12.3 Å². The standard InChI is InChI=1S/C14H8ClFO3/c15-11-2-1-3-12(16)13(11)14(18)19-10-6-4-9(8-17)5-7-10/h1-8H. The van der Waals surface area contributed by atoms with E-state index < -0.39 is 11.8 Å². The van der Waals surface area contributed by atoms with Crippen molar-refractivity contribution in [1.29, 1.82) is 0 Å². The average Bonchev–Trinajstić information content (AvgIpc) is 2.39. The molecule has 0 heterocycles. The fraction of sp³-hybridized carbons (Fsp3) is 0. The summed E-state index contributed by atoms with van der Waals surface area (Å²) in [5.74, 6) is -1.43. The number of carbonyl (C=O) groups is 2. The minimum Gasteiger partial charge on any atom is -0.423 e. The Morgan fingerprint density at radius 2 is 1.84 bits per heavy atom. The van der Waals surface area contributed by atoms with Crippen LogP contribution in [0.25, 0.3) is 0 Å². The second-order valence-electron chi connectivity index (χ2n) is 3.67. The van der Waals surface area contributed by atoms with E-state index in [0.717, 1.165) is 6.07 Å². The van der Waals surface area contributed by atoms with Crippen molar-refractivity contribution in [2.45, 2.75) is 0 Å². The van der Waals surface area contributed by atoms with Crippen LogP contribution in [-0.2, 0) is 0 Å². The van der Waals surface area contributed by atoms with Crippen LogP contribution in [0.2, 0.25) is 5.02 Å². The van der Waals surface area contributed by atoms with E-state index in [4.69, 9.17) is 16.3 Å². The van der Waals surface area contributed by atoms with Gasteiger partial charge in [-0.3, -0.25) is 4.79 Å². The number of rotatable bonds is 3. The zero-order valence-corrected chi connectivity index (χ0v) is 10.4. The Labute approximate surface area is 113 Å². The van der Waals surface area contributed by atoms with Crippen LogP contribution in [0.1, 0.15) is 20.7 Å². The summed E-state index contributed by atoms with van der Waals surface area (Å²) in [7, 11) is 0. The van der Waals surface area contributed by atoms with Crippen LogP contribution in [0.15, 0.2) is 42.5 Å². The Kier molecular flexibility index (Phi) is 3.92. The summed E-state index contributed by atoms with van der Waals surface area (Å²) in [5, 5.41) is -0.0190. The number of esters is 1. The molecular formula is C14H8ClFO3. The van der Waals surface area contributed by atoms with Gasteiger partial charge in [-0.2, -0.15) is 0 Å². The maximum atomic E-state index is 13.5. The first kappa shape index (κ1) is 13.2. The zero-order valence-electron chi connectivity index (χ0n) is 9.60. The van der Waals surface area contributed by atoms with Crippen LogP contribution in [0, 0.1) is 5.82 Å². The number of ether oxygens (including phenoxy) is 1. The minimum absolute atomic E-state index is 0.0190.